The van der Waals surface area contributed by atoms with Gasteiger partial charge in [-0.25, -0.2) is 14.6 Å². The van der Waals surface area contributed by atoms with Crippen LogP contribution in [-0.2, 0) is 6.54 Å². The lowest BCUT2D eigenvalue weighted by Gasteiger charge is -2.10. The first-order valence-electron chi connectivity index (χ1n) is 8.98. The van der Waals surface area contributed by atoms with Crippen LogP contribution < -0.4 is 10.1 Å². The summed E-state index contributed by atoms with van der Waals surface area (Å²) in [6.45, 7) is 1.12. The van der Waals surface area contributed by atoms with Crippen molar-refractivity contribution in [2.75, 3.05) is 11.9 Å². The molecule has 0 aliphatic heterocycles. The highest BCUT2D eigenvalue weighted by atomic mass is 16.5. The number of benzene rings is 2. The van der Waals surface area contributed by atoms with E-state index in [9.17, 15) is 5.26 Å². The van der Waals surface area contributed by atoms with Crippen molar-refractivity contribution >= 4 is 11.6 Å². The molecule has 8 heteroatoms. The van der Waals surface area contributed by atoms with E-state index >= 15 is 0 Å². The molecule has 0 radical (unpaired) electrons. The van der Waals surface area contributed by atoms with Crippen LogP contribution in [-0.4, -0.2) is 31.6 Å². The van der Waals surface area contributed by atoms with Crippen molar-refractivity contribution in [1.29, 1.82) is 5.26 Å². The Morgan fingerprint density at radius 3 is 2.62 bits per heavy atom. The third kappa shape index (κ3) is 4.54. The summed E-state index contributed by atoms with van der Waals surface area (Å²) in [6, 6.07) is 19.2. The second-order valence-corrected chi connectivity index (χ2v) is 6.10. The first kappa shape index (κ1) is 18.1. The van der Waals surface area contributed by atoms with Crippen LogP contribution in [0.4, 0.5) is 11.6 Å². The maximum Gasteiger partial charge on any atom is 0.227 e. The van der Waals surface area contributed by atoms with Gasteiger partial charge in [0.25, 0.3) is 0 Å². The Morgan fingerprint density at radius 2 is 1.90 bits per heavy atom. The van der Waals surface area contributed by atoms with Crippen LogP contribution >= 0.6 is 0 Å². The quantitative estimate of drug-likeness (QED) is 0.522. The number of nitriles is 1. The molecule has 0 unspecified atom stereocenters. The SMILES string of the molecule is N#Cc1cnc(Nc2ccc(OCCn3ccnn3)cc2)nc1-c1ccccc1. The van der Waals surface area contributed by atoms with Gasteiger partial charge in [-0.15, -0.1) is 5.10 Å². The maximum absolute atomic E-state index is 9.35. The molecule has 29 heavy (non-hydrogen) atoms. The van der Waals surface area contributed by atoms with Crippen LogP contribution in [0.15, 0.2) is 73.2 Å². The van der Waals surface area contributed by atoms with Crippen LogP contribution in [0.3, 0.4) is 0 Å². The van der Waals surface area contributed by atoms with Gasteiger partial charge in [-0.2, -0.15) is 5.26 Å². The minimum absolute atomic E-state index is 0.419. The highest BCUT2D eigenvalue weighted by Crippen LogP contribution is 2.23. The van der Waals surface area contributed by atoms with E-state index in [2.05, 4.69) is 31.7 Å². The van der Waals surface area contributed by atoms with Crippen LogP contribution in [0, 0.1) is 11.3 Å². The average molecular weight is 383 g/mol. The van der Waals surface area contributed by atoms with Gasteiger partial charge in [0.15, 0.2) is 0 Å². The summed E-state index contributed by atoms with van der Waals surface area (Å²) < 4.78 is 7.42. The van der Waals surface area contributed by atoms with Gasteiger partial charge in [0.2, 0.25) is 5.95 Å². The zero-order chi connectivity index (χ0) is 19.9. The molecular formula is C21H17N7O. The number of hydrogen-bond acceptors (Lipinski definition) is 7. The predicted octanol–water partition coefficient (Wildman–Crippen LogP) is 3.43. The van der Waals surface area contributed by atoms with Crippen molar-refractivity contribution in [3.63, 3.8) is 0 Å². The molecule has 0 aliphatic carbocycles. The number of nitrogens with one attached hydrogen (secondary N) is 1. The Hall–Kier alpha value is -4.25. The van der Waals surface area contributed by atoms with Crippen molar-refractivity contribution in [2.24, 2.45) is 0 Å². The molecule has 0 bridgehead atoms. The number of ether oxygens (including phenoxy) is 1. The summed E-state index contributed by atoms with van der Waals surface area (Å²) in [7, 11) is 0. The van der Waals surface area contributed by atoms with Crippen molar-refractivity contribution in [3.05, 3.63) is 78.8 Å². The van der Waals surface area contributed by atoms with Gasteiger partial charge < -0.3 is 10.1 Å². The molecule has 0 fully saturated rings. The number of anilines is 2. The van der Waals surface area contributed by atoms with E-state index in [-0.39, 0.29) is 0 Å². The monoisotopic (exact) mass is 383 g/mol. The lowest BCUT2D eigenvalue weighted by atomic mass is 10.1. The largest absolute Gasteiger partial charge is 0.492 e. The van der Waals surface area contributed by atoms with E-state index in [4.69, 9.17) is 4.74 Å². The number of rotatable bonds is 7. The van der Waals surface area contributed by atoms with Crippen molar-refractivity contribution in [1.82, 2.24) is 25.0 Å². The zero-order valence-electron chi connectivity index (χ0n) is 15.4. The van der Waals surface area contributed by atoms with Crippen LogP contribution in [0.5, 0.6) is 5.75 Å². The highest BCUT2D eigenvalue weighted by molar-refractivity contribution is 5.68. The molecule has 4 rings (SSSR count). The predicted molar refractivity (Wildman–Crippen MR) is 107 cm³/mol. The Balaban J connectivity index is 1.43. The average Bonchev–Trinajstić information content (AvgIpc) is 3.29. The first-order chi connectivity index (χ1) is 14.3. The topological polar surface area (TPSA) is 102 Å². The Labute approximate surface area is 167 Å². The minimum atomic E-state index is 0.419. The molecule has 2 aromatic carbocycles. The van der Waals surface area contributed by atoms with E-state index in [1.807, 2.05) is 54.6 Å². The number of aromatic nitrogens is 5. The summed E-state index contributed by atoms with van der Waals surface area (Å²) in [5.74, 6) is 1.17. The van der Waals surface area contributed by atoms with E-state index in [0.717, 1.165) is 17.0 Å². The molecule has 142 valence electrons. The van der Waals surface area contributed by atoms with Gasteiger partial charge in [-0.1, -0.05) is 35.5 Å². The lowest BCUT2D eigenvalue weighted by molar-refractivity contribution is 0.290. The number of hydrogen-bond donors (Lipinski definition) is 1. The van der Waals surface area contributed by atoms with Gasteiger partial charge in [0.05, 0.1) is 30.2 Å². The summed E-state index contributed by atoms with van der Waals surface area (Å²) in [5.41, 5.74) is 2.71. The van der Waals surface area contributed by atoms with Crippen LogP contribution in [0.1, 0.15) is 5.56 Å². The Bertz CT molecular complexity index is 1100. The molecule has 1 N–H and O–H groups in total. The van der Waals surface area contributed by atoms with Crippen molar-refractivity contribution < 1.29 is 4.74 Å². The van der Waals surface area contributed by atoms with Gasteiger partial charge in [-0.3, -0.25) is 0 Å². The second kappa shape index (κ2) is 8.63. The number of nitrogens with zero attached hydrogens (tertiary/aromatic N) is 6. The fraction of sp³-hybridized carbons (Fsp3) is 0.0952. The zero-order valence-corrected chi connectivity index (χ0v) is 15.4. The molecule has 4 aromatic rings. The van der Waals surface area contributed by atoms with Gasteiger partial charge in [0, 0.05) is 17.4 Å². The highest BCUT2D eigenvalue weighted by Gasteiger charge is 2.09. The second-order valence-electron chi connectivity index (χ2n) is 6.10. The third-order valence-electron chi connectivity index (χ3n) is 4.13. The molecule has 0 spiro atoms. The molecule has 0 saturated heterocycles. The van der Waals surface area contributed by atoms with Gasteiger partial charge in [0.1, 0.15) is 18.4 Å². The minimum Gasteiger partial charge on any atom is -0.492 e. The molecule has 2 heterocycles. The van der Waals surface area contributed by atoms with E-state index in [0.29, 0.717) is 30.4 Å². The lowest BCUT2D eigenvalue weighted by Crippen LogP contribution is -2.08. The summed E-state index contributed by atoms with van der Waals surface area (Å²) >= 11 is 0. The Morgan fingerprint density at radius 1 is 1.07 bits per heavy atom. The van der Waals surface area contributed by atoms with Crippen molar-refractivity contribution in [3.8, 4) is 23.1 Å². The van der Waals surface area contributed by atoms with Crippen molar-refractivity contribution in [2.45, 2.75) is 6.54 Å². The van der Waals surface area contributed by atoms with Crippen LogP contribution in [0.2, 0.25) is 0 Å². The Kier molecular flexibility index (Phi) is 5.39. The molecule has 0 saturated carbocycles. The first-order valence-corrected chi connectivity index (χ1v) is 8.98. The molecule has 0 atom stereocenters. The smallest absolute Gasteiger partial charge is 0.227 e. The standard InChI is InChI=1S/C21H17N7O/c22-14-17-15-23-21(26-20(17)16-4-2-1-3-5-16)25-18-6-8-19(9-7-18)29-13-12-28-11-10-24-27-28/h1-11,15H,12-13H2,(H,23,25,26). The maximum atomic E-state index is 9.35. The summed E-state index contributed by atoms with van der Waals surface area (Å²) in [4.78, 5) is 8.76. The normalized spacial score (nSPS) is 10.3. The van der Waals surface area contributed by atoms with E-state index < -0.39 is 0 Å². The summed E-state index contributed by atoms with van der Waals surface area (Å²) in [5, 5.41) is 20.2. The third-order valence-corrected chi connectivity index (χ3v) is 4.13. The summed E-state index contributed by atoms with van der Waals surface area (Å²) in [6.07, 6.45) is 4.95. The fourth-order valence-corrected chi connectivity index (χ4v) is 2.71. The van der Waals surface area contributed by atoms with E-state index in [1.165, 1.54) is 6.20 Å². The van der Waals surface area contributed by atoms with Gasteiger partial charge >= 0.3 is 0 Å². The molecule has 0 aliphatic rings. The van der Waals surface area contributed by atoms with Gasteiger partial charge in [-0.05, 0) is 24.3 Å². The molecule has 0 amide bonds. The fourth-order valence-electron chi connectivity index (χ4n) is 2.71. The molecule has 2 aromatic heterocycles. The van der Waals surface area contributed by atoms with Crippen LogP contribution in [0.25, 0.3) is 11.3 Å². The molecule has 8 nitrogen and oxygen atoms in total. The van der Waals surface area contributed by atoms with E-state index in [1.54, 1.807) is 17.1 Å². The molecular weight excluding hydrogens is 366 g/mol.